The predicted molar refractivity (Wildman–Crippen MR) is 218 cm³/mol. The van der Waals surface area contributed by atoms with Gasteiger partial charge in [-0.25, -0.2) is 14.0 Å². The van der Waals surface area contributed by atoms with Crippen LogP contribution in [-0.2, 0) is 29.5 Å². The smallest absolute Gasteiger partial charge is 0.410 e. The molecule has 298 valence electrons. The second-order valence-electron chi connectivity index (χ2n) is 17.6. The van der Waals surface area contributed by atoms with Crippen LogP contribution in [0, 0.1) is 25.1 Å². The van der Waals surface area contributed by atoms with E-state index in [4.69, 9.17) is 30.9 Å². The molecular weight excluding hydrogens is 733 g/mol. The van der Waals surface area contributed by atoms with E-state index in [2.05, 4.69) is 9.47 Å². The number of carbonyl (C=O) groups is 2. The van der Waals surface area contributed by atoms with Crippen molar-refractivity contribution in [3.05, 3.63) is 82.0 Å². The van der Waals surface area contributed by atoms with Crippen LogP contribution in [0.25, 0.3) is 32.8 Å². The lowest BCUT2D eigenvalue weighted by atomic mass is 9.73. The maximum absolute atomic E-state index is 14.4. The summed E-state index contributed by atoms with van der Waals surface area (Å²) in [5.74, 6) is -0.00489. The van der Waals surface area contributed by atoms with E-state index in [1.54, 1.807) is 11.0 Å². The molecule has 12 heteroatoms. The summed E-state index contributed by atoms with van der Waals surface area (Å²) in [5, 5.41) is 7.86. The molecule has 2 aromatic heterocycles. The van der Waals surface area contributed by atoms with Gasteiger partial charge in [-0.05, 0) is 110 Å². The molecular formula is C44H53ClFN5O5. The maximum atomic E-state index is 14.4. The number of benzene rings is 3. The van der Waals surface area contributed by atoms with Gasteiger partial charge in [0.2, 0.25) is 0 Å². The number of halogens is 2. The topological polar surface area (TPSA) is 91.1 Å². The van der Waals surface area contributed by atoms with Crippen LogP contribution in [0.2, 0.25) is 5.02 Å². The van der Waals surface area contributed by atoms with Gasteiger partial charge in [-0.3, -0.25) is 4.68 Å². The number of ether oxygens (including phenoxy) is 3. The molecule has 4 heterocycles. The third-order valence-electron chi connectivity index (χ3n) is 10.7. The zero-order chi connectivity index (χ0) is 40.3. The summed E-state index contributed by atoms with van der Waals surface area (Å²) in [6.45, 7) is 20.0. The Morgan fingerprint density at radius 1 is 0.893 bits per heavy atom. The number of amides is 1. The molecule has 2 saturated heterocycles. The van der Waals surface area contributed by atoms with Gasteiger partial charge in [-0.15, -0.1) is 0 Å². The van der Waals surface area contributed by atoms with Crippen molar-refractivity contribution in [2.45, 2.75) is 86.0 Å². The SMILES string of the molecule is Cc1nn(C)c(C)c1-c1c(Cl)ccc2c(CCCOc3cccc4cc(F)ccc34)c(C(=O)OC(C)(C)C)n(CCN3CC4(C3)CN(C(=O)OC(C)(C)C)C4)c12. The van der Waals surface area contributed by atoms with Crippen LogP contribution in [0.5, 0.6) is 5.75 Å². The number of aryl methyl sites for hydroxylation is 3. The van der Waals surface area contributed by atoms with Crippen LogP contribution < -0.4 is 4.74 Å². The number of hydrogen-bond donors (Lipinski definition) is 0. The fourth-order valence-corrected chi connectivity index (χ4v) is 8.65. The zero-order valence-corrected chi connectivity index (χ0v) is 34.8. The van der Waals surface area contributed by atoms with Crippen LogP contribution in [0.4, 0.5) is 9.18 Å². The summed E-state index contributed by atoms with van der Waals surface area (Å²) < 4.78 is 36.0. The minimum absolute atomic E-state index is 0.0610. The lowest BCUT2D eigenvalue weighted by Gasteiger charge is -2.60. The number of likely N-dealkylation sites (tertiary alicyclic amines) is 2. The molecule has 2 fully saturated rings. The Morgan fingerprint density at radius 3 is 2.25 bits per heavy atom. The number of esters is 1. The molecule has 1 amide bonds. The van der Waals surface area contributed by atoms with E-state index in [0.717, 1.165) is 62.8 Å². The highest BCUT2D eigenvalue weighted by Crippen LogP contribution is 2.44. The molecule has 5 aromatic rings. The third kappa shape index (κ3) is 7.85. The first kappa shape index (κ1) is 39.6. The summed E-state index contributed by atoms with van der Waals surface area (Å²) in [6, 6.07) is 14.2. The van der Waals surface area contributed by atoms with Crippen molar-refractivity contribution in [1.82, 2.24) is 24.1 Å². The molecule has 0 N–H and O–H groups in total. The second kappa shape index (κ2) is 14.7. The van der Waals surface area contributed by atoms with Crippen LogP contribution in [-0.4, -0.2) is 86.7 Å². The number of carbonyl (C=O) groups excluding carboxylic acids is 2. The fraction of sp³-hybridized carbons (Fsp3) is 0.477. The van der Waals surface area contributed by atoms with E-state index in [1.807, 2.05) is 97.5 Å². The number of nitrogens with zero attached hydrogens (tertiary/aromatic N) is 5. The largest absolute Gasteiger partial charge is 0.493 e. The molecule has 0 radical (unpaired) electrons. The normalized spacial score (nSPS) is 15.7. The maximum Gasteiger partial charge on any atom is 0.410 e. The summed E-state index contributed by atoms with van der Waals surface area (Å²) in [7, 11) is 1.92. The third-order valence-corrected chi connectivity index (χ3v) is 11.0. The molecule has 0 bridgehead atoms. The van der Waals surface area contributed by atoms with E-state index in [1.165, 1.54) is 12.1 Å². The molecule has 2 aliphatic heterocycles. The average Bonchev–Trinajstić information content (AvgIpc) is 3.50. The molecule has 0 atom stereocenters. The number of hydrogen-bond acceptors (Lipinski definition) is 7. The van der Waals surface area contributed by atoms with Crippen LogP contribution in [0.3, 0.4) is 0 Å². The van der Waals surface area contributed by atoms with Gasteiger partial charge < -0.3 is 28.6 Å². The minimum atomic E-state index is -0.725. The molecule has 3 aromatic carbocycles. The molecule has 10 nitrogen and oxygen atoms in total. The van der Waals surface area contributed by atoms with Crippen molar-refractivity contribution in [1.29, 1.82) is 0 Å². The van der Waals surface area contributed by atoms with E-state index < -0.39 is 17.2 Å². The van der Waals surface area contributed by atoms with Gasteiger partial charge in [0.15, 0.2) is 0 Å². The van der Waals surface area contributed by atoms with Gasteiger partial charge in [0.1, 0.15) is 28.5 Å². The van der Waals surface area contributed by atoms with E-state index in [9.17, 15) is 14.0 Å². The highest BCUT2D eigenvalue weighted by atomic mass is 35.5. The second-order valence-corrected chi connectivity index (χ2v) is 18.0. The number of fused-ring (bicyclic) bond motifs is 2. The highest BCUT2D eigenvalue weighted by Gasteiger charge is 2.53. The van der Waals surface area contributed by atoms with Gasteiger partial charge in [0.25, 0.3) is 0 Å². The van der Waals surface area contributed by atoms with Crippen LogP contribution in [0.1, 0.15) is 75.4 Å². The van der Waals surface area contributed by atoms with Crippen molar-refractivity contribution >= 4 is 45.3 Å². The fourth-order valence-electron chi connectivity index (χ4n) is 8.41. The Balaban J connectivity index is 1.22. The lowest BCUT2D eigenvalue weighted by Crippen LogP contribution is -2.73. The molecule has 0 aliphatic carbocycles. The van der Waals surface area contributed by atoms with Crippen molar-refractivity contribution in [2.24, 2.45) is 12.5 Å². The van der Waals surface area contributed by atoms with E-state index in [-0.39, 0.29) is 17.3 Å². The first-order valence-corrected chi connectivity index (χ1v) is 19.8. The monoisotopic (exact) mass is 785 g/mol. The Morgan fingerprint density at radius 2 is 1.59 bits per heavy atom. The molecule has 1 spiro atoms. The predicted octanol–water partition coefficient (Wildman–Crippen LogP) is 9.12. The van der Waals surface area contributed by atoms with Gasteiger partial charge in [0.05, 0.1) is 22.8 Å². The summed E-state index contributed by atoms with van der Waals surface area (Å²) in [4.78, 5) is 31.3. The Labute approximate surface area is 333 Å². The lowest BCUT2D eigenvalue weighted by molar-refractivity contribution is -0.113. The molecule has 2 aliphatic rings. The van der Waals surface area contributed by atoms with E-state index in [0.29, 0.717) is 62.1 Å². The molecule has 56 heavy (non-hydrogen) atoms. The van der Waals surface area contributed by atoms with Gasteiger partial charge >= 0.3 is 12.1 Å². The molecule has 7 rings (SSSR count). The van der Waals surface area contributed by atoms with Gasteiger partial charge in [0, 0.05) is 79.3 Å². The first-order valence-electron chi connectivity index (χ1n) is 19.4. The van der Waals surface area contributed by atoms with Crippen molar-refractivity contribution in [2.75, 3.05) is 39.3 Å². The summed E-state index contributed by atoms with van der Waals surface area (Å²) in [5.41, 5.74) is 4.67. The quantitative estimate of drug-likeness (QED) is 0.103. The van der Waals surface area contributed by atoms with Crippen LogP contribution >= 0.6 is 11.6 Å². The standard InChI is InChI=1S/C44H53ClFN5O5/c1-27-36(28(2)48(9)47-27)37-34(45)18-17-33-32(13-11-21-54-35-14-10-12-29-22-30(46)15-16-31(29)35)39(40(52)55-42(3,4)5)51(38(33)37)20-19-49-23-44(24-49)25-50(26-44)41(53)56-43(6,7)8/h10,12,14-18,22H,11,13,19-21,23-26H2,1-9H3. The van der Waals surface area contributed by atoms with Crippen LogP contribution in [0.15, 0.2) is 48.5 Å². The first-order chi connectivity index (χ1) is 26.3. The summed E-state index contributed by atoms with van der Waals surface area (Å²) in [6.07, 6.45) is 0.882. The summed E-state index contributed by atoms with van der Waals surface area (Å²) >= 11 is 7.14. The zero-order valence-electron chi connectivity index (χ0n) is 34.0. The van der Waals surface area contributed by atoms with Crippen molar-refractivity contribution < 1.29 is 28.2 Å². The average molecular weight is 786 g/mol. The Kier molecular flexibility index (Phi) is 10.4. The Bertz CT molecular complexity index is 2320. The highest BCUT2D eigenvalue weighted by molar-refractivity contribution is 6.35. The van der Waals surface area contributed by atoms with Crippen molar-refractivity contribution in [3.8, 4) is 16.9 Å². The molecule has 0 saturated carbocycles. The van der Waals surface area contributed by atoms with Crippen molar-refractivity contribution in [3.63, 3.8) is 0 Å². The number of rotatable bonds is 10. The van der Waals surface area contributed by atoms with E-state index >= 15 is 0 Å². The molecule has 0 unspecified atom stereocenters. The Hall–Kier alpha value is -4.61. The van der Waals surface area contributed by atoms with Gasteiger partial charge in [-0.1, -0.05) is 29.8 Å². The number of aromatic nitrogens is 3. The van der Waals surface area contributed by atoms with Gasteiger partial charge in [-0.2, -0.15) is 5.10 Å². The minimum Gasteiger partial charge on any atom is -0.493 e.